The first-order valence-corrected chi connectivity index (χ1v) is 8.35. The fourth-order valence-corrected chi connectivity index (χ4v) is 3.04. The van der Waals surface area contributed by atoms with Crippen molar-refractivity contribution >= 4 is 21.9 Å². The fourth-order valence-electron chi connectivity index (χ4n) is 3.04. The van der Waals surface area contributed by atoms with Crippen LogP contribution in [0.1, 0.15) is 13.3 Å². The van der Waals surface area contributed by atoms with Gasteiger partial charge in [-0.05, 0) is 30.7 Å². The first-order chi connectivity index (χ1) is 12.6. The van der Waals surface area contributed by atoms with E-state index < -0.39 is 5.95 Å². The second-order valence-corrected chi connectivity index (χ2v) is 6.06. The zero-order valence-corrected chi connectivity index (χ0v) is 14.4. The number of halogens is 1. The summed E-state index contributed by atoms with van der Waals surface area (Å²) in [6.07, 6.45) is 3.96. The van der Waals surface area contributed by atoms with Gasteiger partial charge in [-0.15, -0.1) is 0 Å². The number of hydrogen-bond acceptors (Lipinski definition) is 4. The Morgan fingerprint density at radius 2 is 2.04 bits per heavy atom. The zero-order valence-electron chi connectivity index (χ0n) is 14.4. The zero-order chi connectivity index (χ0) is 18.3. The Kier molecular flexibility index (Phi) is 3.91. The number of rotatable bonds is 4. The minimum atomic E-state index is -0.540. The maximum absolute atomic E-state index is 13.2. The summed E-state index contributed by atoms with van der Waals surface area (Å²) in [5, 5.41) is 0.732. The molecule has 7 heteroatoms. The van der Waals surface area contributed by atoms with Crippen molar-refractivity contribution in [2.45, 2.75) is 13.3 Å². The molecule has 26 heavy (non-hydrogen) atoms. The SMILES string of the molecule is CCCOc1c(-c2ccc(F)nc2)ccc2ncc3c([nH]c(=O)n3C)c12. The maximum Gasteiger partial charge on any atom is 0.326 e. The third-order valence-electron chi connectivity index (χ3n) is 4.35. The predicted molar refractivity (Wildman–Crippen MR) is 97.8 cm³/mol. The molecular formula is C19H17FN4O2. The van der Waals surface area contributed by atoms with Gasteiger partial charge in [-0.25, -0.2) is 9.78 Å². The van der Waals surface area contributed by atoms with Gasteiger partial charge in [0.2, 0.25) is 5.95 Å². The van der Waals surface area contributed by atoms with E-state index >= 15 is 0 Å². The number of imidazole rings is 1. The highest BCUT2D eigenvalue weighted by atomic mass is 19.1. The minimum Gasteiger partial charge on any atom is -0.492 e. The normalized spacial score (nSPS) is 11.3. The number of aryl methyl sites for hydroxylation is 1. The maximum atomic E-state index is 13.2. The van der Waals surface area contributed by atoms with Gasteiger partial charge in [0.05, 0.1) is 34.7 Å². The van der Waals surface area contributed by atoms with Crippen molar-refractivity contribution in [2.24, 2.45) is 7.05 Å². The van der Waals surface area contributed by atoms with Crippen molar-refractivity contribution in [3.05, 3.63) is 53.1 Å². The van der Waals surface area contributed by atoms with Gasteiger partial charge in [-0.1, -0.05) is 6.92 Å². The van der Waals surface area contributed by atoms with Crippen LogP contribution in [0.3, 0.4) is 0 Å². The average Bonchev–Trinajstić information content (AvgIpc) is 2.94. The highest BCUT2D eigenvalue weighted by molar-refractivity contribution is 6.08. The van der Waals surface area contributed by atoms with E-state index in [4.69, 9.17) is 4.74 Å². The van der Waals surface area contributed by atoms with Gasteiger partial charge in [0.1, 0.15) is 5.75 Å². The Balaban J connectivity index is 2.09. The van der Waals surface area contributed by atoms with Crippen LogP contribution in [-0.2, 0) is 7.05 Å². The summed E-state index contributed by atoms with van der Waals surface area (Å²) in [7, 11) is 1.69. The third-order valence-corrected chi connectivity index (χ3v) is 4.35. The molecule has 0 spiro atoms. The van der Waals surface area contributed by atoms with Gasteiger partial charge in [-0.3, -0.25) is 9.55 Å². The van der Waals surface area contributed by atoms with Gasteiger partial charge in [0.25, 0.3) is 0 Å². The Morgan fingerprint density at radius 3 is 2.77 bits per heavy atom. The van der Waals surface area contributed by atoms with Gasteiger partial charge >= 0.3 is 5.69 Å². The molecule has 0 unspecified atom stereocenters. The van der Waals surface area contributed by atoms with Crippen molar-refractivity contribution in [1.82, 2.24) is 19.5 Å². The van der Waals surface area contributed by atoms with E-state index in [0.717, 1.165) is 22.9 Å². The Labute approximate surface area is 148 Å². The summed E-state index contributed by atoms with van der Waals surface area (Å²) in [6.45, 7) is 2.52. The van der Waals surface area contributed by atoms with E-state index in [9.17, 15) is 9.18 Å². The van der Waals surface area contributed by atoms with Crippen LogP contribution in [-0.4, -0.2) is 26.1 Å². The largest absolute Gasteiger partial charge is 0.492 e. The molecule has 1 aromatic carbocycles. The van der Waals surface area contributed by atoms with Crippen LogP contribution in [0, 0.1) is 5.95 Å². The summed E-state index contributed by atoms with van der Waals surface area (Å²) in [4.78, 5) is 23.2. The quantitative estimate of drug-likeness (QED) is 0.571. The topological polar surface area (TPSA) is 72.8 Å². The molecule has 0 aliphatic carbocycles. The van der Waals surface area contributed by atoms with Crippen molar-refractivity contribution in [3.8, 4) is 16.9 Å². The molecule has 4 rings (SSSR count). The lowest BCUT2D eigenvalue weighted by atomic mass is 10.0. The Hall–Kier alpha value is -3.22. The molecule has 0 radical (unpaired) electrons. The number of nitrogens with zero attached hydrogens (tertiary/aromatic N) is 3. The molecule has 4 aromatic rings. The van der Waals surface area contributed by atoms with Crippen molar-refractivity contribution in [1.29, 1.82) is 0 Å². The van der Waals surface area contributed by atoms with Gasteiger partial charge in [0, 0.05) is 24.4 Å². The van der Waals surface area contributed by atoms with Gasteiger partial charge < -0.3 is 9.72 Å². The van der Waals surface area contributed by atoms with Crippen LogP contribution in [0.5, 0.6) is 5.75 Å². The molecule has 1 N–H and O–H groups in total. The van der Waals surface area contributed by atoms with Crippen LogP contribution in [0.2, 0.25) is 0 Å². The number of pyridine rings is 2. The van der Waals surface area contributed by atoms with E-state index in [-0.39, 0.29) is 5.69 Å². The Morgan fingerprint density at radius 1 is 1.19 bits per heavy atom. The molecule has 0 aliphatic rings. The molecule has 0 atom stereocenters. The fraction of sp³-hybridized carbons (Fsp3) is 0.211. The van der Waals surface area contributed by atoms with Crippen LogP contribution in [0.15, 0.2) is 41.5 Å². The molecule has 0 amide bonds. The summed E-state index contributed by atoms with van der Waals surface area (Å²) in [6, 6.07) is 6.70. The van der Waals surface area contributed by atoms with Crippen LogP contribution in [0.4, 0.5) is 4.39 Å². The standard InChI is InChI=1S/C19H17FN4O2/c1-3-8-26-18-12(11-4-7-15(20)22-9-11)5-6-13-16(18)17-14(10-21-13)24(2)19(25)23-17/h4-7,9-10H,3,8H2,1-2H3,(H,23,25). The van der Waals surface area contributed by atoms with E-state index in [1.165, 1.54) is 16.8 Å². The number of aromatic nitrogens is 4. The van der Waals surface area contributed by atoms with E-state index in [2.05, 4.69) is 15.0 Å². The van der Waals surface area contributed by atoms with Crippen LogP contribution < -0.4 is 10.4 Å². The molecule has 0 saturated carbocycles. The first-order valence-electron chi connectivity index (χ1n) is 8.35. The summed E-state index contributed by atoms with van der Waals surface area (Å²) < 4.78 is 20.8. The molecule has 0 aliphatic heterocycles. The number of fused-ring (bicyclic) bond motifs is 3. The lowest BCUT2D eigenvalue weighted by molar-refractivity contribution is 0.322. The third kappa shape index (κ3) is 2.52. The highest BCUT2D eigenvalue weighted by Crippen LogP contribution is 2.39. The van der Waals surface area contributed by atoms with Crippen molar-refractivity contribution in [2.75, 3.05) is 6.61 Å². The van der Waals surface area contributed by atoms with Gasteiger partial charge in [-0.2, -0.15) is 4.39 Å². The van der Waals surface area contributed by atoms with Gasteiger partial charge in [0.15, 0.2) is 0 Å². The van der Waals surface area contributed by atoms with Crippen LogP contribution >= 0.6 is 0 Å². The molecule has 0 fully saturated rings. The number of aromatic amines is 1. The monoisotopic (exact) mass is 352 g/mol. The Bertz CT molecular complexity index is 1160. The smallest absolute Gasteiger partial charge is 0.326 e. The second kappa shape index (κ2) is 6.25. The average molecular weight is 352 g/mol. The highest BCUT2D eigenvalue weighted by Gasteiger charge is 2.17. The molecule has 0 saturated heterocycles. The number of H-pyrrole nitrogens is 1. The lowest BCUT2D eigenvalue weighted by Gasteiger charge is -2.14. The summed E-state index contributed by atoms with van der Waals surface area (Å²) in [5.74, 6) is 0.0692. The molecule has 0 bridgehead atoms. The number of ether oxygens (including phenoxy) is 1. The number of benzene rings is 1. The van der Waals surface area contributed by atoms with E-state index in [0.29, 0.717) is 28.9 Å². The summed E-state index contributed by atoms with van der Waals surface area (Å²) in [5.41, 5.74) is 3.37. The minimum absolute atomic E-state index is 0.218. The molecule has 6 nitrogen and oxygen atoms in total. The molecule has 3 aromatic heterocycles. The van der Waals surface area contributed by atoms with E-state index in [1.807, 2.05) is 19.1 Å². The molecule has 132 valence electrons. The van der Waals surface area contributed by atoms with Crippen molar-refractivity contribution < 1.29 is 9.13 Å². The first kappa shape index (κ1) is 16.3. The van der Waals surface area contributed by atoms with E-state index in [1.54, 1.807) is 19.3 Å². The predicted octanol–water partition coefficient (Wildman–Crippen LogP) is 3.40. The number of hydrogen-bond donors (Lipinski definition) is 1. The molecular weight excluding hydrogens is 335 g/mol. The van der Waals surface area contributed by atoms with Crippen molar-refractivity contribution in [3.63, 3.8) is 0 Å². The van der Waals surface area contributed by atoms with Crippen LogP contribution in [0.25, 0.3) is 33.1 Å². The summed E-state index contributed by atoms with van der Waals surface area (Å²) >= 11 is 0. The second-order valence-electron chi connectivity index (χ2n) is 6.06. The molecule has 3 heterocycles. The number of nitrogens with one attached hydrogen (secondary N) is 1. The lowest BCUT2D eigenvalue weighted by Crippen LogP contribution is -2.11.